The summed E-state index contributed by atoms with van der Waals surface area (Å²) in [5.74, 6) is 0. The molecule has 1 aliphatic carbocycles. The Labute approximate surface area is 78.0 Å². The van der Waals surface area contributed by atoms with Crippen molar-refractivity contribution < 1.29 is 5.11 Å². The Morgan fingerprint density at radius 1 is 1.15 bits per heavy atom. The van der Waals surface area contributed by atoms with Gasteiger partial charge in [0, 0.05) is 0 Å². The first-order valence-electron chi connectivity index (χ1n) is 4.47. The van der Waals surface area contributed by atoms with Gasteiger partial charge in [-0.05, 0) is 35.6 Å². The summed E-state index contributed by atoms with van der Waals surface area (Å²) in [6.45, 7) is 0. The summed E-state index contributed by atoms with van der Waals surface area (Å²) < 4.78 is 0. The molecule has 0 heterocycles. The molecule has 0 unspecified atom stereocenters. The van der Waals surface area contributed by atoms with Crippen molar-refractivity contribution in [2.45, 2.75) is 12.8 Å². The van der Waals surface area contributed by atoms with Gasteiger partial charge in [-0.15, -0.1) is 0 Å². The largest absolute Gasteiger partial charge is 0.299 e. The van der Waals surface area contributed by atoms with E-state index in [1.807, 2.05) is 6.07 Å². The molecule has 65 valence electrons. The minimum Gasteiger partial charge on any atom is -0.299 e. The Morgan fingerprint density at radius 2 is 2.00 bits per heavy atom. The molecule has 0 bridgehead atoms. The van der Waals surface area contributed by atoms with Crippen LogP contribution in [0.4, 0.5) is 0 Å². The van der Waals surface area contributed by atoms with E-state index in [0.717, 1.165) is 24.7 Å². The summed E-state index contributed by atoms with van der Waals surface area (Å²) in [5, 5.41) is 10.3. The maximum atomic E-state index is 10.3. The van der Waals surface area contributed by atoms with Gasteiger partial charge in [0.25, 0.3) is 0 Å². The molecular weight excluding hydrogens is 160 g/mol. The van der Waals surface area contributed by atoms with Gasteiger partial charge in [-0.3, -0.25) is 5.11 Å². The van der Waals surface area contributed by atoms with Crippen LogP contribution in [0.3, 0.4) is 0 Å². The lowest BCUT2D eigenvalue weighted by Gasteiger charge is -2.13. The van der Waals surface area contributed by atoms with E-state index >= 15 is 0 Å². The zero-order chi connectivity index (χ0) is 9.10. The van der Waals surface area contributed by atoms with E-state index < -0.39 is 0 Å². The second-order valence-electron chi connectivity index (χ2n) is 3.22. The zero-order valence-corrected chi connectivity index (χ0v) is 7.36. The molecule has 0 atom stereocenters. The lowest BCUT2D eigenvalue weighted by atomic mass is 9.92. The van der Waals surface area contributed by atoms with E-state index in [4.69, 9.17) is 0 Å². The van der Waals surface area contributed by atoms with E-state index in [1.54, 1.807) is 6.08 Å². The predicted molar refractivity (Wildman–Crippen MR) is 52.6 cm³/mol. The number of fused-ring (bicyclic) bond motifs is 1. The van der Waals surface area contributed by atoms with Crippen molar-refractivity contribution in [3.05, 3.63) is 53.3 Å². The third-order valence-corrected chi connectivity index (χ3v) is 2.36. The maximum absolute atomic E-state index is 10.3. The van der Waals surface area contributed by atoms with E-state index in [9.17, 15) is 5.11 Å². The van der Waals surface area contributed by atoms with Crippen LogP contribution in [0.1, 0.15) is 17.5 Å². The highest BCUT2D eigenvalue weighted by molar-refractivity contribution is 5.61. The van der Waals surface area contributed by atoms with Gasteiger partial charge in [0.15, 0.2) is 0 Å². The van der Waals surface area contributed by atoms with E-state index in [-0.39, 0.29) is 0 Å². The van der Waals surface area contributed by atoms with Gasteiger partial charge in [-0.2, -0.15) is 0 Å². The van der Waals surface area contributed by atoms with Crippen molar-refractivity contribution in [1.82, 2.24) is 0 Å². The first-order valence-corrected chi connectivity index (χ1v) is 4.47. The average molecular weight is 171 g/mol. The normalized spacial score (nSPS) is 15.5. The average Bonchev–Trinajstić information content (AvgIpc) is 2.18. The van der Waals surface area contributed by atoms with Crippen molar-refractivity contribution in [3.63, 3.8) is 0 Å². The second kappa shape index (κ2) is 3.48. The van der Waals surface area contributed by atoms with Crippen LogP contribution in [0, 0.1) is 0 Å². The molecule has 2 rings (SSSR count). The van der Waals surface area contributed by atoms with Crippen LogP contribution in [-0.4, -0.2) is 0 Å². The first-order chi connectivity index (χ1) is 6.40. The quantitative estimate of drug-likeness (QED) is 0.579. The SMILES string of the molecule is [O]/C=C/C1=Cc2ccccc2CC1. The van der Waals surface area contributed by atoms with Crippen molar-refractivity contribution in [2.24, 2.45) is 0 Å². The number of hydrogen-bond acceptors (Lipinski definition) is 0. The molecule has 1 aromatic carbocycles. The van der Waals surface area contributed by atoms with Crippen molar-refractivity contribution in [2.75, 3.05) is 0 Å². The van der Waals surface area contributed by atoms with Gasteiger partial charge in [-0.25, -0.2) is 0 Å². The molecule has 0 aliphatic heterocycles. The first kappa shape index (κ1) is 8.11. The summed E-state index contributed by atoms with van der Waals surface area (Å²) >= 11 is 0. The van der Waals surface area contributed by atoms with Crippen LogP contribution in [0.25, 0.3) is 6.08 Å². The fourth-order valence-electron chi connectivity index (χ4n) is 1.67. The molecule has 13 heavy (non-hydrogen) atoms. The fraction of sp³-hybridized carbons (Fsp3) is 0.167. The Kier molecular flexibility index (Phi) is 2.17. The number of rotatable bonds is 1. The highest BCUT2D eigenvalue weighted by Gasteiger charge is 2.06. The van der Waals surface area contributed by atoms with Crippen LogP contribution in [-0.2, 0) is 11.5 Å². The summed E-state index contributed by atoms with van der Waals surface area (Å²) in [7, 11) is 0. The Hall–Kier alpha value is -1.50. The minimum atomic E-state index is 0.861. The Balaban J connectivity index is 2.38. The highest BCUT2D eigenvalue weighted by Crippen LogP contribution is 2.23. The predicted octanol–water partition coefficient (Wildman–Crippen LogP) is 2.96. The molecule has 0 saturated carbocycles. The third-order valence-electron chi connectivity index (χ3n) is 2.36. The standard InChI is InChI=1S/C12H11O/c13-8-7-10-5-6-11-3-1-2-4-12(11)9-10/h1-4,7-9H,5-6H2/b8-7+. The van der Waals surface area contributed by atoms with Gasteiger partial charge < -0.3 is 0 Å². The van der Waals surface area contributed by atoms with E-state index in [2.05, 4.69) is 24.3 Å². The molecule has 1 radical (unpaired) electrons. The van der Waals surface area contributed by atoms with E-state index in [1.165, 1.54) is 11.1 Å². The van der Waals surface area contributed by atoms with Crippen LogP contribution < -0.4 is 0 Å². The Bertz CT molecular complexity index is 361. The number of hydrogen-bond donors (Lipinski definition) is 0. The van der Waals surface area contributed by atoms with Crippen molar-refractivity contribution >= 4 is 6.08 Å². The summed E-state index contributed by atoms with van der Waals surface area (Å²) in [5.41, 5.74) is 3.76. The molecule has 0 fully saturated rings. The summed E-state index contributed by atoms with van der Waals surface area (Å²) in [6, 6.07) is 8.32. The molecular formula is C12H11O. The second-order valence-corrected chi connectivity index (χ2v) is 3.22. The highest BCUT2D eigenvalue weighted by atomic mass is 16.2. The molecule has 1 nitrogen and oxygen atoms in total. The third kappa shape index (κ3) is 1.64. The van der Waals surface area contributed by atoms with Crippen molar-refractivity contribution in [1.29, 1.82) is 0 Å². The van der Waals surface area contributed by atoms with Gasteiger partial charge >= 0.3 is 0 Å². The lowest BCUT2D eigenvalue weighted by molar-refractivity contribution is 0.351. The van der Waals surface area contributed by atoms with Crippen LogP contribution in [0.5, 0.6) is 0 Å². The number of benzene rings is 1. The Morgan fingerprint density at radius 3 is 2.85 bits per heavy atom. The van der Waals surface area contributed by atoms with Crippen LogP contribution in [0.15, 0.2) is 42.2 Å². The van der Waals surface area contributed by atoms with Gasteiger partial charge in [-0.1, -0.05) is 30.3 Å². The molecule has 1 heteroatoms. The number of allylic oxidation sites excluding steroid dienone is 2. The molecule has 1 aliphatic rings. The molecule has 1 aromatic rings. The van der Waals surface area contributed by atoms with Crippen LogP contribution in [0.2, 0.25) is 0 Å². The molecule has 0 aromatic heterocycles. The molecule has 0 N–H and O–H groups in total. The summed E-state index contributed by atoms with van der Waals surface area (Å²) in [6.07, 6.45) is 6.63. The van der Waals surface area contributed by atoms with E-state index in [0.29, 0.717) is 0 Å². The van der Waals surface area contributed by atoms with Crippen LogP contribution >= 0.6 is 0 Å². The topological polar surface area (TPSA) is 19.9 Å². The molecule has 0 amide bonds. The van der Waals surface area contributed by atoms with Gasteiger partial charge in [0.2, 0.25) is 0 Å². The van der Waals surface area contributed by atoms with Gasteiger partial charge in [0.1, 0.15) is 6.26 Å². The summed E-state index contributed by atoms with van der Waals surface area (Å²) in [4.78, 5) is 0. The zero-order valence-electron chi connectivity index (χ0n) is 7.36. The fourth-order valence-corrected chi connectivity index (χ4v) is 1.67. The van der Waals surface area contributed by atoms with Gasteiger partial charge in [0.05, 0.1) is 0 Å². The number of aryl methyl sites for hydroxylation is 1. The molecule has 0 spiro atoms. The molecule has 0 saturated heterocycles. The smallest absolute Gasteiger partial charge is 0.143 e. The maximum Gasteiger partial charge on any atom is 0.143 e. The van der Waals surface area contributed by atoms with Crippen molar-refractivity contribution in [3.8, 4) is 0 Å². The monoisotopic (exact) mass is 171 g/mol. The lowest BCUT2D eigenvalue weighted by Crippen LogP contribution is -1.96. The minimum absolute atomic E-state index is 0.861.